The van der Waals surface area contributed by atoms with Crippen molar-refractivity contribution in [2.45, 2.75) is 39.0 Å². The van der Waals surface area contributed by atoms with Gasteiger partial charge >= 0.3 is 0 Å². The summed E-state index contributed by atoms with van der Waals surface area (Å²) >= 11 is 0. The van der Waals surface area contributed by atoms with Crippen LogP contribution in [0.2, 0.25) is 0 Å². The Kier molecular flexibility index (Phi) is 6.85. The van der Waals surface area contributed by atoms with E-state index < -0.39 is 0 Å². The van der Waals surface area contributed by atoms with E-state index in [0.717, 1.165) is 25.7 Å². The zero-order valence-corrected chi connectivity index (χ0v) is 11.2. The smallest absolute Gasteiger partial charge is 0.166 e. The van der Waals surface area contributed by atoms with E-state index in [1.165, 1.54) is 0 Å². The van der Waals surface area contributed by atoms with E-state index in [2.05, 4.69) is 6.58 Å². The molecule has 0 fully saturated rings. The van der Waals surface area contributed by atoms with Gasteiger partial charge < -0.3 is 4.74 Å². The molecule has 0 radical (unpaired) electrons. The van der Waals surface area contributed by atoms with Crippen LogP contribution in [0.5, 0.6) is 5.75 Å². The lowest BCUT2D eigenvalue weighted by Crippen LogP contribution is -2.04. The molecule has 1 aromatic rings. The molecular weight excluding hydrogens is 224 g/mol. The minimum Gasteiger partial charge on any atom is -0.493 e. The summed E-state index contributed by atoms with van der Waals surface area (Å²) < 4.78 is 5.69. The van der Waals surface area contributed by atoms with Crippen molar-refractivity contribution in [2.24, 2.45) is 0 Å². The number of ether oxygens (including phenoxy) is 1. The molecule has 1 rings (SSSR count). The third kappa shape index (κ3) is 4.74. The minimum atomic E-state index is 0.136. The predicted octanol–water partition coefficient (Wildman–Crippen LogP) is 4.40. The van der Waals surface area contributed by atoms with Crippen LogP contribution in [0, 0.1) is 0 Å². The fraction of sp³-hybridized carbons (Fsp3) is 0.438. The summed E-state index contributed by atoms with van der Waals surface area (Å²) in [5, 5.41) is 0. The highest BCUT2D eigenvalue weighted by molar-refractivity contribution is 5.98. The van der Waals surface area contributed by atoms with Crippen molar-refractivity contribution in [2.75, 3.05) is 6.61 Å². The molecule has 0 atom stereocenters. The lowest BCUT2D eigenvalue weighted by molar-refractivity contribution is 0.0984. The number of unbranched alkanes of at least 4 members (excludes halogenated alkanes) is 3. The van der Waals surface area contributed by atoms with E-state index >= 15 is 0 Å². The predicted molar refractivity (Wildman–Crippen MR) is 75.2 cm³/mol. The standard InChI is InChI=1S/C16H22O2/c1-3-5-6-7-10-13-18-16-12-9-8-11-14(16)15(17)4-2/h3,8-9,11-12H,1,4-7,10,13H2,2H3. The van der Waals surface area contributed by atoms with E-state index in [9.17, 15) is 4.79 Å². The van der Waals surface area contributed by atoms with Crippen molar-refractivity contribution in [3.63, 3.8) is 0 Å². The zero-order valence-electron chi connectivity index (χ0n) is 11.2. The first-order chi connectivity index (χ1) is 8.79. The monoisotopic (exact) mass is 246 g/mol. The molecule has 0 heterocycles. The van der Waals surface area contributed by atoms with Gasteiger partial charge in [0.25, 0.3) is 0 Å². The fourth-order valence-corrected chi connectivity index (χ4v) is 1.76. The van der Waals surface area contributed by atoms with Crippen LogP contribution in [-0.4, -0.2) is 12.4 Å². The second kappa shape index (κ2) is 8.51. The van der Waals surface area contributed by atoms with E-state index in [1.807, 2.05) is 37.3 Å². The van der Waals surface area contributed by atoms with Crippen LogP contribution in [0.15, 0.2) is 36.9 Å². The summed E-state index contributed by atoms with van der Waals surface area (Å²) in [6, 6.07) is 7.48. The van der Waals surface area contributed by atoms with E-state index in [0.29, 0.717) is 24.3 Å². The third-order valence-electron chi connectivity index (χ3n) is 2.82. The summed E-state index contributed by atoms with van der Waals surface area (Å²) in [6.45, 7) is 6.24. The van der Waals surface area contributed by atoms with Gasteiger partial charge in [0.05, 0.1) is 12.2 Å². The molecule has 0 bridgehead atoms. The molecule has 2 heteroatoms. The molecule has 1 aromatic carbocycles. The van der Waals surface area contributed by atoms with Crippen LogP contribution in [0.1, 0.15) is 49.4 Å². The van der Waals surface area contributed by atoms with Crippen LogP contribution in [0.3, 0.4) is 0 Å². The number of para-hydroxylation sites is 1. The maximum Gasteiger partial charge on any atom is 0.166 e. The second-order valence-electron chi connectivity index (χ2n) is 4.26. The Labute approximate surface area is 110 Å². The maximum atomic E-state index is 11.7. The fourth-order valence-electron chi connectivity index (χ4n) is 1.76. The largest absolute Gasteiger partial charge is 0.493 e. The summed E-state index contributed by atoms with van der Waals surface area (Å²) in [5.74, 6) is 0.852. The molecule has 0 aliphatic carbocycles. The Morgan fingerprint density at radius 1 is 1.28 bits per heavy atom. The molecular formula is C16H22O2. The van der Waals surface area contributed by atoms with Crippen molar-refractivity contribution in [1.82, 2.24) is 0 Å². The number of hydrogen-bond donors (Lipinski definition) is 0. The van der Waals surface area contributed by atoms with Crippen LogP contribution in [-0.2, 0) is 0 Å². The van der Waals surface area contributed by atoms with Crippen LogP contribution in [0.4, 0.5) is 0 Å². The number of carbonyl (C=O) groups is 1. The molecule has 18 heavy (non-hydrogen) atoms. The number of benzene rings is 1. The molecule has 0 N–H and O–H groups in total. The van der Waals surface area contributed by atoms with Gasteiger partial charge in [0, 0.05) is 6.42 Å². The van der Waals surface area contributed by atoms with Gasteiger partial charge in [-0.25, -0.2) is 0 Å². The Bertz CT molecular complexity index is 382. The van der Waals surface area contributed by atoms with Gasteiger partial charge in [-0.2, -0.15) is 0 Å². The lowest BCUT2D eigenvalue weighted by Gasteiger charge is -2.09. The first kappa shape index (κ1) is 14.5. The minimum absolute atomic E-state index is 0.136. The topological polar surface area (TPSA) is 26.3 Å². The average molecular weight is 246 g/mol. The Balaban J connectivity index is 2.42. The summed E-state index contributed by atoms with van der Waals surface area (Å²) in [5.41, 5.74) is 0.700. The highest BCUT2D eigenvalue weighted by Crippen LogP contribution is 2.20. The molecule has 98 valence electrons. The maximum absolute atomic E-state index is 11.7. The number of carbonyl (C=O) groups excluding carboxylic acids is 1. The second-order valence-corrected chi connectivity index (χ2v) is 4.26. The van der Waals surface area contributed by atoms with E-state index in [4.69, 9.17) is 4.74 Å². The molecule has 0 spiro atoms. The number of ketones is 1. The number of hydrogen-bond acceptors (Lipinski definition) is 2. The quantitative estimate of drug-likeness (QED) is 0.366. The summed E-state index contributed by atoms with van der Waals surface area (Å²) in [6.07, 6.45) is 6.82. The van der Waals surface area contributed by atoms with Crippen molar-refractivity contribution >= 4 is 5.78 Å². The summed E-state index contributed by atoms with van der Waals surface area (Å²) in [7, 11) is 0. The van der Waals surface area contributed by atoms with Gasteiger partial charge in [-0.15, -0.1) is 6.58 Å². The van der Waals surface area contributed by atoms with Gasteiger partial charge in [-0.05, 0) is 37.8 Å². The first-order valence-electron chi connectivity index (χ1n) is 6.65. The highest BCUT2D eigenvalue weighted by atomic mass is 16.5. The molecule has 0 unspecified atom stereocenters. The molecule has 0 saturated carbocycles. The summed E-state index contributed by atoms with van der Waals surface area (Å²) in [4.78, 5) is 11.7. The molecule has 2 nitrogen and oxygen atoms in total. The molecule has 0 amide bonds. The molecule has 0 aliphatic rings. The van der Waals surface area contributed by atoms with E-state index in [1.54, 1.807) is 0 Å². The highest BCUT2D eigenvalue weighted by Gasteiger charge is 2.09. The normalized spacial score (nSPS) is 10.1. The average Bonchev–Trinajstić information content (AvgIpc) is 2.42. The van der Waals surface area contributed by atoms with Crippen LogP contribution >= 0.6 is 0 Å². The van der Waals surface area contributed by atoms with Crippen LogP contribution in [0.25, 0.3) is 0 Å². The van der Waals surface area contributed by atoms with Crippen molar-refractivity contribution in [1.29, 1.82) is 0 Å². The van der Waals surface area contributed by atoms with Crippen LogP contribution < -0.4 is 4.74 Å². The SMILES string of the molecule is C=CCCCCCOc1ccccc1C(=O)CC. The van der Waals surface area contributed by atoms with Gasteiger partial charge in [0.2, 0.25) is 0 Å². The number of Topliss-reactive ketones (excluding diaryl/α,β-unsaturated/α-hetero) is 1. The lowest BCUT2D eigenvalue weighted by atomic mass is 10.1. The van der Waals surface area contributed by atoms with Gasteiger partial charge in [-0.1, -0.05) is 25.1 Å². The van der Waals surface area contributed by atoms with Gasteiger partial charge in [-0.3, -0.25) is 4.79 Å². The van der Waals surface area contributed by atoms with Crippen molar-refractivity contribution in [3.8, 4) is 5.75 Å². The molecule has 0 aliphatic heterocycles. The number of rotatable bonds is 9. The molecule has 0 aromatic heterocycles. The van der Waals surface area contributed by atoms with Crippen molar-refractivity contribution < 1.29 is 9.53 Å². The number of allylic oxidation sites excluding steroid dienone is 1. The zero-order chi connectivity index (χ0) is 13.2. The Morgan fingerprint density at radius 3 is 2.78 bits per heavy atom. The molecule has 0 saturated heterocycles. The third-order valence-corrected chi connectivity index (χ3v) is 2.82. The van der Waals surface area contributed by atoms with Crippen molar-refractivity contribution in [3.05, 3.63) is 42.5 Å². The van der Waals surface area contributed by atoms with E-state index in [-0.39, 0.29) is 5.78 Å². The van der Waals surface area contributed by atoms with Gasteiger partial charge in [0.1, 0.15) is 5.75 Å². The van der Waals surface area contributed by atoms with Gasteiger partial charge in [0.15, 0.2) is 5.78 Å². The first-order valence-corrected chi connectivity index (χ1v) is 6.65. The Morgan fingerprint density at radius 2 is 2.06 bits per heavy atom. The Hall–Kier alpha value is -1.57.